The Kier molecular flexibility index (Phi) is 4.86. The lowest BCUT2D eigenvalue weighted by Crippen LogP contribution is -2.24. The lowest BCUT2D eigenvalue weighted by atomic mass is 10.0. The van der Waals surface area contributed by atoms with E-state index in [-0.39, 0.29) is 23.3 Å². The summed E-state index contributed by atoms with van der Waals surface area (Å²) in [6, 6.07) is 6.12. The Morgan fingerprint density at radius 2 is 2.09 bits per heavy atom. The normalized spacial score (nSPS) is 11.7. The second-order valence-electron chi connectivity index (χ2n) is 5.54. The minimum atomic E-state index is -3.77. The standard InChI is InChI=1S/C15H19N3O4S/c1-9(2)14-13(10(3)18-22-14)15(19)17-8-11-5-4-6-12(7-11)23(16,20)21/h4-7,9H,8H2,1-3H3,(H,17,19)(H2,16,20,21). The molecule has 3 N–H and O–H groups in total. The van der Waals surface area contributed by atoms with Gasteiger partial charge in [0.05, 0.1) is 10.6 Å². The highest BCUT2D eigenvalue weighted by Crippen LogP contribution is 2.22. The van der Waals surface area contributed by atoms with Crippen LogP contribution in [0.1, 0.15) is 47.1 Å². The molecule has 0 saturated carbocycles. The number of primary sulfonamides is 1. The molecule has 0 aliphatic rings. The van der Waals surface area contributed by atoms with Gasteiger partial charge in [0, 0.05) is 12.5 Å². The number of carbonyl (C=O) groups excluding carboxylic acids is 1. The number of rotatable bonds is 5. The van der Waals surface area contributed by atoms with Gasteiger partial charge in [0.15, 0.2) is 5.76 Å². The monoisotopic (exact) mass is 337 g/mol. The Hall–Kier alpha value is -2.19. The third-order valence-corrected chi connectivity index (χ3v) is 4.23. The van der Waals surface area contributed by atoms with Crippen molar-refractivity contribution >= 4 is 15.9 Å². The molecule has 1 heterocycles. The molecule has 0 aliphatic carbocycles. The van der Waals surface area contributed by atoms with Gasteiger partial charge in [0.1, 0.15) is 5.56 Å². The van der Waals surface area contributed by atoms with Crippen LogP contribution < -0.4 is 10.5 Å². The fourth-order valence-corrected chi connectivity index (χ4v) is 2.74. The number of amides is 1. The van der Waals surface area contributed by atoms with Gasteiger partial charge < -0.3 is 9.84 Å². The molecule has 0 saturated heterocycles. The van der Waals surface area contributed by atoms with Gasteiger partial charge in [0.25, 0.3) is 5.91 Å². The van der Waals surface area contributed by atoms with E-state index in [1.807, 2.05) is 13.8 Å². The highest BCUT2D eigenvalue weighted by molar-refractivity contribution is 7.89. The molecule has 1 aromatic carbocycles. The van der Waals surface area contributed by atoms with Crippen LogP contribution in [0.15, 0.2) is 33.7 Å². The van der Waals surface area contributed by atoms with Gasteiger partial charge in [0.2, 0.25) is 10.0 Å². The van der Waals surface area contributed by atoms with E-state index in [1.165, 1.54) is 12.1 Å². The molecule has 8 heteroatoms. The summed E-state index contributed by atoms with van der Waals surface area (Å²) in [7, 11) is -3.77. The van der Waals surface area contributed by atoms with Crippen molar-refractivity contribution in [2.24, 2.45) is 5.14 Å². The molecule has 0 aliphatic heterocycles. The van der Waals surface area contributed by atoms with Crippen LogP contribution in [-0.2, 0) is 16.6 Å². The number of carbonyl (C=O) groups is 1. The lowest BCUT2D eigenvalue weighted by Gasteiger charge is -2.08. The smallest absolute Gasteiger partial charge is 0.257 e. The fraction of sp³-hybridized carbons (Fsp3) is 0.333. The summed E-state index contributed by atoms with van der Waals surface area (Å²) in [5.41, 5.74) is 1.57. The minimum Gasteiger partial charge on any atom is -0.360 e. The molecular weight excluding hydrogens is 318 g/mol. The molecule has 23 heavy (non-hydrogen) atoms. The zero-order chi connectivity index (χ0) is 17.2. The molecule has 0 atom stereocenters. The van der Waals surface area contributed by atoms with Crippen molar-refractivity contribution in [3.05, 3.63) is 46.8 Å². The van der Waals surface area contributed by atoms with Gasteiger partial charge in [-0.05, 0) is 24.6 Å². The minimum absolute atomic E-state index is 0.00766. The van der Waals surface area contributed by atoms with E-state index in [9.17, 15) is 13.2 Å². The van der Waals surface area contributed by atoms with Crippen molar-refractivity contribution in [3.8, 4) is 0 Å². The van der Waals surface area contributed by atoms with Crippen molar-refractivity contribution < 1.29 is 17.7 Å². The molecule has 0 spiro atoms. The second-order valence-corrected chi connectivity index (χ2v) is 7.10. The van der Waals surface area contributed by atoms with Crippen LogP contribution in [0.2, 0.25) is 0 Å². The number of hydrogen-bond donors (Lipinski definition) is 2. The zero-order valence-corrected chi connectivity index (χ0v) is 14.0. The van der Waals surface area contributed by atoms with Crippen LogP contribution in [0.3, 0.4) is 0 Å². The predicted molar refractivity (Wildman–Crippen MR) is 84.3 cm³/mol. The van der Waals surface area contributed by atoms with Crippen LogP contribution in [0, 0.1) is 6.92 Å². The first-order chi connectivity index (χ1) is 10.7. The van der Waals surface area contributed by atoms with E-state index in [4.69, 9.17) is 9.66 Å². The lowest BCUT2D eigenvalue weighted by molar-refractivity contribution is 0.0948. The average Bonchev–Trinajstić information content (AvgIpc) is 2.86. The topological polar surface area (TPSA) is 115 Å². The number of nitrogens with two attached hydrogens (primary N) is 1. The molecular formula is C15H19N3O4S. The Bertz CT molecular complexity index is 825. The number of nitrogens with zero attached hydrogens (tertiary/aromatic N) is 1. The van der Waals surface area contributed by atoms with Crippen LogP contribution in [0.4, 0.5) is 0 Å². The maximum Gasteiger partial charge on any atom is 0.257 e. The van der Waals surface area contributed by atoms with E-state index in [2.05, 4.69) is 10.5 Å². The summed E-state index contributed by atoms with van der Waals surface area (Å²) in [5.74, 6) is 0.245. The Morgan fingerprint density at radius 1 is 1.39 bits per heavy atom. The summed E-state index contributed by atoms with van der Waals surface area (Å²) in [5, 5.41) is 11.7. The molecule has 0 unspecified atom stereocenters. The molecule has 0 fully saturated rings. The van der Waals surface area contributed by atoms with Gasteiger partial charge in [-0.2, -0.15) is 0 Å². The average molecular weight is 337 g/mol. The summed E-state index contributed by atoms with van der Waals surface area (Å²) < 4.78 is 27.9. The predicted octanol–water partition coefficient (Wildman–Crippen LogP) is 1.68. The second kappa shape index (κ2) is 6.51. The molecule has 0 radical (unpaired) electrons. The first-order valence-electron chi connectivity index (χ1n) is 7.06. The molecule has 2 rings (SSSR count). The largest absolute Gasteiger partial charge is 0.360 e. The molecule has 1 aromatic heterocycles. The van der Waals surface area contributed by atoms with Gasteiger partial charge in [-0.1, -0.05) is 31.1 Å². The third-order valence-electron chi connectivity index (χ3n) is 3.32. The first kappa shape index (κ1) is 17.2. The molecule has 124 valence electrons. The van der Waals surface area contributed by atoms with Crippen LogP contribution in [-0.4, -0.2) is 19.5 Å². The molecule has 7 nitrogen and oxygen atoms in total. The Labute approximate surface area is 134 Å². The highest BCUT2D eigenvalue weighted by Gasteiger charge is 2.22. The van der Waals surface area contributed by atoms with Gasteiger partial charge >= 0.3 is 0 Å². The number of aromatic nitrogens is 1. The van der Waals surface area contributed by atoms with Crippen molar-refractivity contribution in [2.75, 3.05) is 0 Å². The number of aryl methyl sites for hydroxylation is 1. The van der Waals surface area contributed by atoms with Gasteiger partial charge in [-0.25, -0.2) is 13.6 Å². The number of hydrogen-bond acceptors (Lipinski definition) is 5. The SMILES string of the molecule is Cc1noc(C(C)C)c1C(=O)NCc1cccc(S(N)(=O)=O)c1. The van der Waals surface area contributed by atoms with Crippen molar-refractivity contribution in [2.45, 2.75) is 38.1 Å². The summed E-state index contributed by atoms with van der Waals surface area (Å²) in [6.07, 6.45) is 0. The van der Waals surface area contributed by atoms with Gasteiger partial charge in [-0.3, -0.25) is 4.79 Å². The maximum absolute atomic E-state index is 12.4. The van der Waals surface area contributed by atoms with E-state index < -0.39 is 10.0 Å². The third kappa shape index (κ3) is 3.96. The van der Waals surface area contributed by atoms with Crippen molar-refractivity contribution in [1.29, 1.82) is 0 Å². The van der Waals surface area contributed by atoms with Crippen molar-refractivity contribution in [3.63, 3.8) is 0 Å². The first-order valence-corrected chi connectivity index (χ1v) is 8.61. The van der Waals surface area contributed by atoms with E-state index >= 15 is 0 Å². The number of benzene rings is 1. The quantitative estimate of drug-likeness (QED) is 0.861. The fourth-order valence-electron chi connectivity index (χ4n) is 2.16. The van der Waals surface area contributed by atoms with E-state index in [1.54, 1.807) is 19.1 Å². The van der Waals surface area contributed by atoms with Crippen molar-refractivity contribution in [1.82, 2.24) is 10.5 Å². The summed E-state index contributed by atoms with van der Waals surface area (Å²) in [4.78, 5) is 12.4. The van der Waals surface area contributed by atoms with Gasteiger partial charge in [-0.15, -0.1) is 0 Å². The van der Waals surface area contributed by atoms with E-state index in [0.29, 0.717) is 22.6 Å². The van der Waals surface area contributed by atoms with E-state index in [0.717, 1.165) is 0 Å². The summed E-state index contributed by atoms with van der Waals surface area (Å²) in [6.45, 7) is 5.69. The highest BCUT2D eigenvalue weighted by atomic mass is 32.2. The maximum atomic E-state index is 12.4. The van der Waals surface area contributed by atoms with Crippen LogP contribution in [0.5, 0.6) is 0 Å². The Balaban J connectivity index is 2.16. The van der Waals surface area contributed by atoms with Crippen LogP contribution >= 0.6 is 0 Å². The number of nitrogens with one attached hydrogen (secondary N) is 1. The zero-order valence-electron chi connectivity index (χ0n) is 13.2. The molecule has 2 aromatic rings. The Morgan fingerprint density at radius 3 is 2.70 bits per heavy atom. The summed E-state index contributed by atoms with van der Waals surface area (Å²) >= 11 is 0. The molecule has 1 amide bonds. The number of sulfonamides is 1. The van der Waals surface area contributed by atoms with Crippen LogP contribution in [0.25, 0.3) is 0 Å². The molecule has 0 bridgehead atoms.